The van der Waals surface area contributed by atoms with Gasteiger partial charge in [-0.2, -0.15) is 20.6 Å². The molecule has 29 heavy (non-hydrogen) atoms. The third-order valence-corrected chi connectivity index (χ3v) is 7.63. The van der Waals surface area contributed by atoms with Crippen molar-refractivity contribution in [2.24, 2.45) is 0 Å². The summed E-state index contributed by atoms with van der Waals surface area (Å²) in [6, 6.07) is 9.21. The number of benzene rings is 1. The van der Waals surface area contributed by atoms with Crippen LogP contribution in [-0.4, -0.2) is 53.9 Å². The smallest absolute Gasteiger partial charge is 0.258 e. The van der Waals surface area contributed by atoms with Gasteiger partial charge in [0.2, 0.25) is 10.0 Å². The zero-order valence-electron chi connectivity index (χ0n) is 16.3. The van der Waals surface area contributed by atoms with Gasteiger partial charge in [-0.05, 0) is 35.6 Å². The van der Waals surface area contributed by atoms with Gasteiger partial charge in [-0.3, -0.25) is 4.90 Å². The zero-order valence-corrected chi connectivity index (χ0v) is 18.0. The minimum Gasteiger partial charge on any atom is -0.334 e. The Bertz CT molecular complexity index is 1020. The van der Waals surface area contributed by atoms with Gasteiger partial charge >= 0.3 is 0 Å². The normalized spacial score (nSPS) is 16.3. The van der Waals surface area contributed by atoms with Crippen LogP contribution in [0.2, 0.25) is 0 Å². The maximum absolute atomic E-state index is 12.9. The number of aryl methyl sites for hydroxylation is 1. The van der Waals surface area contributed by atoms with Crippen LogP contribution in [0.5, 0.6) is 0 Å². The Balaban J connectivity index is 1.35. The van der Waals surface area contributed by atoms with Crippen molar-refractivity contribution in [3.8, 4) is 11.5 Å². The molecule has 0 saturated carbocycles. The highest BCUT2D eigenvalue weighted by atomic mass is 32.2. The van der Waals surface area contributed by atoms with Gasteiger partial charge in [0.25, 0.3) is 5.89 Å². The number of thiophene rings is 1. The Morgan fingerprint density at radius 3 is 2.52 bits per heavy atom. The molecule has 7 nitrogen and oxygen atoms in total. The second kappa shape index (κ2) is 8.74. The van der Waals surface area contributed by atoms with E-state index in [0.717, 1.165) is 18.4 Å². The lowest BCUT2D eigenvalue weighted by atomic mass is 10.1. The molecule has 1 aliphatic rings. The van der Waals surface area contributed by atoms with Crippen LogP contribution in [0, 0.1) is 0 Å². The molecule has 0 unspecified atom stereocenters. The molecule has 3 aromatic rings. The molecule has 0 bridgehead atoms. The summed E-state index contributed by atoms with van der Waals surface area (Å²) in [5.74, 6) is 1.14. The van der Waals surface area contributed by atoms with Crippen LogP contribution < -0.4 is 0 Å². The van der Waals surface area contributed by atoms with Crippen molar-refractivity contribution in [1.82, 2.24) is 19.3 Å². The molecular weight excluding hydrogens is 408 g/mol. The molecule has 0 aliphatic carbocycles. The van der Waals surface area contributed by atoms with Gasteiger partial charge in [-0.15, -0.1) is 0 Å². The Labute approximate surface area is 175 Å². The van der Waals surface area contributed by atoms with Crippen LogP contribution in [0.25, 0.3) is 11.5 Å². The largest absolute Gasteiger partial charge is 0.334 e. The Morgan fingerprint density at radius 1 is 1.10 bits per heavy atom. The predicted molar refractivity (Wildman–Crippen MR) is 112 cm³/mol. The summed E-state index contributed by atoms with van der Waals surface area (Å²) < 4.78 is 32.7. The van der Waals surface area contributed by atoms with Crippen LogP contribution in [0.4, 0.5) is 0 Å². The van der Waals surface area contributed by atoms with E-state index in [-0.39, 0.29) is 0 Å². The van der Waals surface area contributed by atoms with E-state index >= 15 is 0 Å². The Hall–Kier alpha value is -2.07. The number of piperazine rings is 1. The zero-order chi connectivity index (χ0) is 20.3. The number of rotatable bonds is 7. The number of hydrogen-bond donors (Lipinski definition) is 0. The van der Waals surface area contributed by atoms with Gasteiger partial charge in [0, 0.05) is 31.6 Å². The van der Waals surface area contributed by atoms with Crippen molar-refractivity contribution in [2.75, 3.05) is 26.2 Å². The van der Waals surface area contributed by atoms with E-state index in [1.165, 1.54) is 5.56 Å². The van der Waals surface area contributed by atoms with E-state index in [9.17, 15) is 8.42 Å². The number of sulfonamides is 1. The van der Waals surface area contributed by atoms with Crippen LogP contribution in [0.3, 0.4) is 0 Å². The van der Waals surface area contributed by atoms with Crippen molar-refractivity contribution in [3.05, 3.63) is 52.5 Å². The molecule has 154 valence electrons. The van der Waals surface area contributed by atoms with Gasteiger partial charge in [-0.1, -0.05) is 30.6 Å². The molecule has 0 amide bonds. The molecule has 1 fully saturated rings. The molecule has 1 aliphatic heterocycles. The maximum Gasteiger partial charge on any atom is 0.258 e. The molecule has 0 radical (unpaired) electrons. The van der Waals surface area contributed by atoms with E-state index in [2.05, 4.69) is 22.0 Å². The molecule has 9 heteroatoms. The summed E-state index contributed by atoms with van der Waals surface area (Å²) in [6.45, 7) is 4.84. The first-order valence-electron chi connectivity index (χ1n) is 9.73. The summed E-state index contributed by atoms with van der Waals surface area (Å²) in [5.41, 5.74) is 2.09. The molecule has 4 rings (SSSR count). The SMILES string of the molecule is CCCc1ccc(S(=O)(=O)N2CCN(Cc3noc(-c4ccsc4)n3)CC2)cc1. The van der Waals surface area contributed by atoms with Crippen LogP contribution in [0.1, 0.15) is 24.7 Å². The number of nitrogens with zero attached hydrogens (tertiary/aromatic N) is 4. The van der Waals surface area contributed by atoms with E-state index in [4.69, 9.17) is 4.52 Å². The first-order valence-corrected chi connectivity index (χ1v) is 12.1. The van der Waals surface area contributed by atoms with Gasteiger partial charge in [-0.25, -0.2) is 8.42 Å². The van der Waals surface area contributed by atoms with Crippen LogP contribution >= 0.6 is 11.3 Å². The number of hydrogen-bond acceptors (Lipinski definition) is 7. The average molecular weight is 433 g/mol. The second-order valence-corrected chi connectivity index (χ2v) is 9.82. The Kier molecular flexibility index (Phi) is 6.09. The quantitative estimate of drug-likeness (QED) is 0.570. The van der Waals surface area contributed by atoms with E-state index < -0.39 is 10.0 Å². The fourth-order valence-corrected chi connectivity index (χ4v) is 5.47. The highest BCUT2D eigenvalue weighted by molar-refractivity contribution is 7.89. The monoisotopic (exact) mass is 432 g/mol. The lowest BCUT2D eigenvalue weighted by molar-refractivity contribution is 0.176. The van der Waals surface area contributed by atoms with Crippen LogP contribution in [-0.2, 0) is 23.0 Å². The average Bonchev–Trinajstić information content (AvgIpc) is 3.41. The summed E-state index contributed by atoms with van der Waals surface area (Å²) in [6.07, 6.45) is 2.01. The fourth-order valence-electron chi connectivity index (χ4n) is 3.42. The summed E-state index contributed by atoms with van der Waals surface area (Å²) in [5, 5.41) is 7.99. The molecule has 1 aromatic carbocycles. The molecule has 1 saturated heterocycles. The molecule has 0 atom stereocenters. The molecule has 3 heterocycles. The van der Waals surface area contributed by atoms with Gasteiger partial charge in [0.15, 0.2) is 5.82 Å². The third-order valence-electron chi connectivity index (χ3n) is 5.03. The first kappa shape index (κ1) is 20.2. The molecular formula is C20H24N4O3S2. The van der Waals surface area contributed by atoms with Gasteiger partial charge in [0.05, 0.1) is 17.0 Å². The minimum absolute atomic E-state index is 0.365. The summed E-state index contributed by atoms with van der Waals surface area (Å²) in [7, 11) is -3.46. The topological polar surface area (TPSA) is 79.5 Å². The highest BCUT2D eigenvalue weighted by Crippen LogP contribution is 2.22. The molecule has 0 N–H and O–H groups in total. The van der Waals surface area contributed by atoms with Gasteiger partial charge < -0.3 is 4.52 Å². The van der Waals surface area contributed by atoms with Crippen molar-refractivity contribution in [3.63, 3.8) is 0 Å². The number of aromatic nitrogens is 2. The molecule has 2 aromatic heterocycles. The molecule has 0 spiro atoms. The van der Waals surface area contributed by atoms with Crippen molar-refractivity contribution < 1.29 is 12.9 Å². The van der Waals surface area contributed by atoms with Crippen molar-refractivity contribution in [1.29, 1.82) is 0 Å². The van der Waals surface area contributed by atoms with E-state index in [1.54, 1.807) is 27.8 Å². The maximum atomic E-state index is 12.9. The third kappa shape index (κ3) is 4.58. The van der Waals surface area contributed by atoms with Gasteiger partial charge in [0.1, 0.15) is 0 Å². The van der Waals surface area contributed by atoms with Crippen molar-refractivity contribution in [2.45, 2.75) is 31.2 Å². The van der Waals surface area contributed by atoms with Crippen LogP contribution in [0.15, 0.2) is 50.5 Å². The fraction of sp³-hybridized carbons (Fsp3) is 0.400. The Morgan fingerprint density at radius 2 is 1.86 bits per heavy atom. The summed E-state index contributed by atoms with van der Waals surface area (Å²) >= 11 is 1.58. The van der Waals surface area contributed by atoms with E-state index in [0.29, 0.717) is 49.3 Å². The minimum atomic E-state index is -3.46. The first-order chi connectivity index (χ1) is 14.1. The predicted octanol–water partition coefficient (Wildman–Crippen LogP) is 3.26. The second-order valence-electron chi connectivity index (χ2n) is 7.10. The lowest BCUT2D eigenvalue weighted by Gasteiger charge is -2.33. The van der Waals surface area contributed by atoms with Crippen molar-refractivity contribution >= 4 is 21.4 Å². The summed E-state index contributed by atoms with van der Waals surface area (Å²) in [4.78, 5) is 6.96. The highest BCUT2D eigenvalue weighted by Gasteiger charge is 2.29. The lowest BCUT2D eigenvalue weighted by Crippen LogP contribution is -2.48. The standard InChI is InChI=1S/C20H24N4O3S2/c1-2-3-16-4-6-18(7-5-16)29(25,26)24-11-9-23(10-12-24)14-19-21-20(27-22-19)17-8-13-28-15-17/h4-8,13,15H,2-3,9-12,14H2,1H3. The van der Waals surface area contributed by atoms with E-state index in [1.807, 2.05) is 29.0 Å².